The van der Waals surface area contributed by atoms with E-state index in [4.69, 9.17) is 0 Å². The minimum atomic E-state index is -4.77. The number of hydrogen-bond acceptors (Lipinski definition) is 3. The molecule has 0 aliphatic heterocycles. The standard InChI is InChI=1S/C12H7F4NOS/c1-6-17-10(5-19-6)11(18)7-2-3-8(9(13)4-7)12(14,15)16/h2-5H,1H3. The van der Waals surface area contributed by atoms with E-state index in [1.165, 1.54) is 16.7 Å². The van der Waals surface area contributed by atoms with Gasteiger partial charge in [0.15, 0.2) is 0 Å². The van der Waals surface area contributed by atoms with Crippen LogP contribution in [0.4, 0.5) is 17.6 Å². The van der Waals surface area contributed by atoms with Gasteiger partial charge in [0.25, 0.3) is 0 Å². The maximum absolute atomic E-state index is 13.3. The Morgan fingerprint density at radius 3 is 2.47 bits per heavy atom. The molecule has 0 bridgehead atoms. The lowest BCUT2D eigenvalue weighted by atomic mass is 10.1. The Kier molecular flexibility index (Phi) is 3.40. The molecule has 0 fully saturated rings. The molecule has 0 saturated carbocycles. The number of rotatable bonds is 2. The van der Waals surface area contributed by atoms with Crippen molar-refractivity contribution in [1.82, 2.24) is 4.98 Å². The maximum Gasteiger partial charge on any atom is 0.419 e. The quantitative estimate of drug-likeness (QED) is 0.621. The van der Waals surface area contributed by atoms with E-state index >= 15 is 0 Å². The van der Waals surface area contributed by atoms with E-state index in [1.807, 2.05) is 0 Å². The number of aromatic nitrogens is 1. The molecule has 1 aromatic heterocycles. The minimum absolute atomic E-state index is 0.0988. The molecule has 2 rings (SSSR count). The van der Waals surface area contributed by atoms with Crippen molar-refractivity contribution in [3.05, 3.63) is 51.2 Å². The van der Waals surface area contributed by atoms with Crippen LogP contribution in [-0.4, -0.2) is 10.8 Å². The molecule has 100 valence electrons. The van der Waals surface area contributed by atoms with Crippen LogP contribution < -0.4 is 0 Å². The van der Waals surface area contributed by atoms with Gasteiger partial charge >= 0.3 is 6.18 Å². The Hall–Kier alpha value is -1.76. The number of benzene rings is 1. The Labute approximate surface area is 109 Å². The lowest BCUT2D eigenvalue weighted by molar-refractivity contribution is -0.140. The van der Waals surface area contributed by atoms with Crippen LogP contribution in [0.2, 0.25) is 0 Å². The largest absolute Gasteiger partial charge is 0.419 e. The smallest absolute Gasteiger partial charge is 0.287 e. The van der Waals surface area contributed by atoms with Crippen LogP contribution in [0.1, 0.15) is 26.6 Å². The van der Waals surface area contributed by atoms with Crippen molar-refractivity contribution in [3.8, 4) is 0 Å². The number of hydrogen-bond donors (Lipinski definition) is 0. The number of thiazole rings is 1. The first-order valence-corrected chi connectivity index (χ1v) is 6.00. The monoisotopic (exact) mass is 289 g/mol. The summed E-state index contributed by atoms with van der Waals surface area (Å²) in [6.07, 6.45) is -4.77. The summed E-state index contributed by atoms with van der Waals surface area (Å²) in [6, 6.07) is 2.09. The summed E-state index contributed by atoms with van der Waals surface area (Å²) >= 11 is 1.23. The first-order valence-electron chi connectivity index (χ1n) is 5.12. The Morgan fingerprint density at radius 1 is 1.32 bits per heavy atom. The topological polar surface area (TPSA) is 30.0 Å². The van der Waals surface area contributed by atoms with Crippen molar-refractivity contribution in [2.24, 2.45) is 0 Å². The fourth-order valence-electron chi connectivity index (χ4n) is 1.50. The van der Waals surface area contributed by atoms with Gasteiger partial charge in [-0.25, -0.2) is 9.37 Å². The first-order chi connectivity index (χ1) is 8.79. The molecule has 1 heterocycles. The van der Waals surface area contributed by atoms with Gasteiger partial charge in [-0.05, 0) is 19.1 Å². The molecule has 19 heavy (non-hydrogen) atoms. The highest BCUT2D eigenvalue weighted by Crippen LogP contribution is 2.31. The van der Waals surface area contributed by atoms with Gasteiger partial charge < -0.3 is 0 Å². The van der Waals surface area contributed by atoms with Crippen LogP contribution in [-0.2, 0) is 6.18 Å². The Morgan fingerprint density at radius 2 is 2.00 bits per heavy atom. The molecule has 0 atom stereocenters. The van der Waals surface area contributed by atoms with E-state index < -0.39 is 23.3 Å². The molecule has 2 nitrogen and oxygen atoms in total. The summed E-state index contributed by atoms with van der Waals surface area (Å²) in [4.78, 5) is 15.8. The average Bonchev–Trinajstić information content (AvgIpc) is 2.73. The number of aryl methyl sites for hydroxylation is 1. The maximum atomic E-state index is 13.3. The number of carbonyl (C=O) groups excluding carboxylic acids is 1. The van der Waals surface area contributed by atoms with E-state index in [1.54, 1.807) is 6.92 Å². The molecule has 0 radical (unpaired) electrons. The van der Waals surface area contributed by atoms with E-state index in [-0.39, 0.29) is 11.3 Å². The zero-order valence-electron chi connectivity index (χ0n) is 9.58. The molecule has 0 amide bonds. The van der Waals surface area contributed by atoms with Gasteiger partial charge in [0, 0.05) is 10.9 Å². The average molecular weight is 289 g/mol. The summed E-state index contributed by atoms with van der Waals surface area (Å²) in [5.41, 5.74) is -1.45. The molecule has 0 aliphatic carbocycles. The van der Waals surface area contributed by atoms with Gasteiger partial charge in [-0.15, -0.1) is 11.3 Å². The third-order valence-electron chi connectivity index (χ3n) is 2.39. The van der Waals surface area contributed by atoms with Crippen LogP contribution in [0.5, 0.6) is 0 Å². The van der Waals surface area contributed by atoms with Gasteiger partial charge in [-0.3, -0.25) is 4.79 Å². The number of ketones is 1. The molecule has 0 unspecified atom stereocenters. The highest BCUT2D eigenvalue weighted by atomic mass is 32.1. The first kappa shape index (κ1) is 13.7. The third kappa shape index (κ3) is 2.81. The lowest BCUT2D eigenvalue weighted by Crippen LogP contribution is -2.10. The summed E-state index contributed by atoms with van der Waals surface area (Å²) < 4.78 is 50.5. The molecule has 0 saturated heterocycles. The zero-order valence-corrected chi connectivity index (χ0v) is 10.4. The molecule has 2 aromatic rings. The Bertz CT molecular complexity index is 633. The zero-order chi connectivity index (χ0) is 14.2. The van der Waals surface area contributed by atoms with E-state index in [2.05, 4.69) is 4.98 Å². The highest BCUT2D eigenvalue weighted by Gasteiger charge is 2.34. The molecule has 0 aliphatic rings. The van der Waals surface area contributed by atoms with Gasteiger partial charge in [-0.2, -0.15) is 13.2 Å². The fourth-order valence-corrected chi connectivity index (χ4v) is 2.09. The molecule has 7 heteroatoms. The summed E-state index contributed by atoms with van der Waals surface area (Å²) in [5.74, 6) is -2.07. The summed E-state index contributed by atoms with van der Waals surface area (Å²) in [5, 5.41) is 2.13. The van der Waals surface area contributed by atoms with Crippen LogP contribution >= 0.6 is 11.3 Å². The molecule has 0 spiro atoms. The molecule has 0 N–H and O–H groups in total. The van der Waals surface area contributed by atoms with E-state index in [0.717, 1.165) is 6.07 Å². The number of halogens is 4. The third-order valence-corrected chi connectivity index (χ3v) is 3.16. The van der Waals surface area contributed by atoms with Crippen LogP contribution in [0.15, 0.2) is 23.6 Å². The number of carbonyl (C=O) groups is 1. The highest BCUT2D eigenvalue weighted by molar-refractivity contribution is 7.09. The van der Waals surface area contributed by atoms with Crippen molar-refractivity contribution >= 4 is 17.1 Å². The van der Waals surface area contributed by atoms with Crippen LogP contribution in [0, 0.1) is 12.7 Å². The predicted molar refractivity (Wildman–Crippen MR) is 61.7 cm³/mol. The molecular formula is C12H7F4NOS. The minimum Gasteiger partial charge on any atom is -0.287 e. The summed E-state index contributed by atoms with van der Waals surface area (Å²) in [7, 11) is 0. The van der Waals surface area contributed by atoms with E-state index in [0.29, 0.717) is 17.1 Å². The van der Waals surface area contributed by atoms with Crippen LogP contribution in [0.25, 0.3) is 0 Å². The molecule has 1 aromatic carbocycles. The number of alkyl halides is 3. The van der Waals surface area contributed by atoms with Gasteiger partial charge in [-0.1, -0.05) is 6.07 Å². The van der Waals surface area contributed by atoms with Crippen LogP contribution in [0.3, 0.4) is 0 Å². The fraction of sp³-hybridized carbons (Fsp3) is 0.167. The Balaban J connectivity index is 2.38. The van der Waals surface area contributed by atoms with Gasteiger partial charge in [0.05, 0.1) is 10.6 Å². The molecular weight excluding hydrogens is 282 g/mol. The van der Waals surface area contributed by atoms with Crippen molar-refractivity contribution in [3.63, 3.8) is 0 Å². The second-order valence-corrected chi connectivity index (χ2v) is 4.84. The number of nitrogens with zero attached hydrogens (tertiary/aromatic N) is 1. The van der Waals surface area contributed by atoms with Gasteiger partial charge in [0.2, 0.25) is 5.78 Å². The normalized spacial score (nSPS) is 11.6. The second kappa shape index (κ2) is 4.73. The summed E-state index contributed by atoms with van der Waals surface area (Å²) in [6.45, 7) is 1.69. The van der Waals surface area contributed by atoms with Gasteiger partial charge in [0.1, 0.15) is 11.5 Å². The lowest BCUT2D eigenvalue weighted by Gasteiger charge is -2.08. The predicted octanol–water partition coefficient (Wildman–Crippen LogP) is 3.84. The van der Waals surface area contributed by atoms with Crippen molar-refractivity contribution < 1.29 is 22.4 Å². The van der Waals surface area contributed by atoms with Crippen molar-refractivity contribution in [2.75, 3.05) is 0 Å². The van der Waals surface area contributed by atoms with Crippen molar-refractivity contribution in [2.45, 2.75) is 13.1 Å². The van der Waals surface area contributed by atoms with Crippen molar-refractivity contribution in [1.29, 1.82) is 0 Å². The van der Waals surface area contributed by atoms with E-state index in [9.17, 15) is 22.4 Å². The SMILES string of the molecule is Cc1nc(C(=O)c2ccc(C(F)(F)F)c(F)c2)cs1. The second-order valence-electron chi connectivity index (χ2n) is 3.77.